The number of benzene rings is 2. The Labute approximate surface area is 133 Å². The first kappa shape index (κ1) is 17.2. The maximum absolute atomic E-state index is 11.4. The molecule has 0 amide bonds. The SMILES string of the molecule is Nc1cccc(S(=O)(=O)O)c1Nc1ccc(CS(=O)(=O)O)cc1. The molecule has 23 heavy (non-hydrogen) atoms. The molecular formula is C13H14N2O6S2. The molecular weight excluding hydrogens is 344 g/mol. The number of rotatable bonds is 5. The first-order chi connectivity index (χ1) is 10.6. The molecule has 124 valence electrons. The summed E-state index contributed by atoms with van der Waals surface area (Å²) in [5.74, 6) is -0.531. The zero-order valence-electron chi connectivity index (χ0n) is 11.7. The Kier molecular flexibility index (Phi) is 4.61. The Morgan fingerprint density at radius 3 is 2.09 bits per heavy atom. The van der Waals surface area contributed by atoms with Gasteiger partial charge in [0.2, 0.25) is 0 Å². The quantitative estimate of drug-likeness (QED) is 0.466. The van der Waals surface area contributed by atoms with Crippen molar-refractivity contribution in [3.63, 3.8) is 0 Å². The van der Waals surface area contributed by atoms with Crippen LogP contribution in [-0.4, -0.2) is 25.9 Å². The monoisotopic (exact) mass is 358 g/mol. The van der Waals surface area contributed by atoms with Gasteiger partial charge in [-0.1, -0.05) is 18.2 Å². The van der Waals surface area contributed by atoms with Crippen LogP contribution >= 0.6 is 0 Å². The maximum Gasteiger partial charge on any atom is 0.296 e. The third kappa shape index (κ3) is 4.66. The van der Waals surface area contributed by atoms with E-state index in [1.165, 1.54) is 42.5 Å². The lowest BCUT2D eigenvalue weighted by Crippen LogP contribution is -2.06. The normalized spacial score (nSPS) is 12.1. The Hall–Kier alpha value is -2.14. The standard InChI is InChI=1S/C13H14N2O6S2/c14-11-2-1-3-12(23(19,20)21)13(11)15-10-6-4-9(5-7-10)8-22(16,17)18/h1-7,15H,8,14H2,(H,16,17,18)(H,19,20,21). The molecule has 2 aromatic carbocycles. The van der Waals surface area contributed by atoms with Gasteiger partial charge in [0.1, 0.15) is 10.6 Å². The highest BCUT2D eigenvalue weighted by Gasteiger charge is 2.17. The lowest BCUT2D eigenvalue weighted by Gasteiger charge is -2.13. The van der Waals surface area contributed by atoms with Crippen molar-refractivity contribution in [2.24, 2.45) is 0 Å². The van der Waals surface area contributed by atoms with Gasteiger partial charge < -0.3 is 11.1 Å². The van der Waals surface area contributed by atoms with Gasteiger partial charge in [0.15, 0.2) is 0 Å². The molecule has 0 bridgehead atoms. The molecule has 0 aliphatic heterocycles. The lowest BCUT2D eigenvalue weighted by atomic mass is 10.2. The zero-order chi connectivity index (χ0) is 17.3. The summed E-state index contributed by atoms with van der Waals surface area (Å²) in [6, 6.07) is 9.91. The second-order valence-corrected chi connectivity index (χ2v) is 7.59. The van der Waals surface area contributed by atoms with E-state index < -0.39 is 26.0 Å². The Morgan fingerprint density at radius 2 is 1.57 bits per heavy atom. The van der Waals surface area contributed by atoms with E-state index in [1.54, 1.807) is 0 Å². The van der Waals surface area contributed by atoms with E-state index in [1.807, 2.05) is 0 Å². The number of nitrogen functional groups attached to an aromatic ring is 1. The molecule has 0 aliphatic carbocycles. The van der Waals surface area contributed by atoms with Gasteiger partial charge in [0, 0.05) is 5.69 Å². The van der Waals surface area contributed by atoms with Crippen molar-refractivity contribution in [3.05, 3.63) is 48.0 Å². The molecule has 0 spiro atoms. The van der Waals surface area contributed by atoms with Crippen LogP contribution in [0.2, 0.25) is 0 Å². The predicted molar refractivity (Wildman–Crippen MR) is 85.6 cm³/mol. The minimum absolute atomic E-state index is 0.0116. The fourth-order valence-electron chi connectivity index (χ4n) is 1.94. The number of hydrogen-bond acceptors (Lipinski definition) is 6. The fourth-order valence-corrected chi connectivity index (χ4v) is 3.23. The van der Waals surface area contributed by atoms with Crippen LogP contribution in [0.15, 0.2) is 47.4 Å². The van der Waals surface area contributed by atoms with Gasteiger partial charge in [-0.25, -0.2) is 0 Å². The van der Waals surface area contributed by atoms with Gasteiger partial charge in [-0.05, 0) is 29.8 Å². The Balaban J connectivity index is 2.34. The average Bonchev–Trinajstić information content (AvgIpc) is 2.40. The Bertz CT molecular complexity index is 921. The van der Waals surface area contributed by atoms with Crippen LogP contribution in [0.5, 0.6) is 0 Å². The summed E-state index contributed by atoms with van der Waals surface area (Å²) in [4.78, 5) is -0.375. The molecule has 0 aliphatic rings. The fraction of sp³-hybridized carbons (Fsp3) is 0.0769. The maximum atomic E-state index is 11.4. The zero-order valence-corrected chi connectivity index (χ0v) is 13.3. The van der Waals surface area contributed by atoms with E-state index >= 15 is 0 Å². The van der Waals surface area contributed by atoms with E-state index in [-0.39, 0.29) is 16.3 Å². The van der Waals surface area contributed by atoms with Gasteiger partial charge in [-0.15, -0.1) is 0 Å². The highest BCUT2D eigenvalue weighted by molar-refractivity contribution is 7.86. The van der Waals surface area contributed by atoms with Crippen LogP contribution in [-0.2, 0) is 26.0 Å². The molecule has 2 aromatic rings. The van der Waals surface area contributed by atoms with E-state index in [0.717, 1.165) is 0 Å². The number of nitrogens with two attached hydrogens (primary N) is 1. The van der Waals surface area contributed by atoms with Crippen molar-refractivity contribution in [2.45, 2.75) is 10.6 Å². The third-order valence-electron chi connectivity index (χ3n) is 2.91. The molecule has 0 atom stereocenters. The third-order valence-corrected chi connectivity index (χ3v) is 4.50. The summed E-state index contributed by atoms with van der Waals surface area (Å²) in [7, 11) is -8.60. The highest BCUT2D eigenvalue weighted by Crippen LogP contribution is 2.30. The van der Waals surface area contributed by atoms with Gasteiger partial charge in [-0.2, -0.15) is 16.8 Å². The molecule has 0 saturated carbocycles. The van der Waals surface area contributed by atoms with Crippen LogP contribution in [0.25, 0.3) is 0 Å². The van der Waals surface area contributed by atoms with Crippen LogP contribution < -0.4 is 11.1 Å². The lowest BCUT2D eigenvalue weighted by molar-refractivity contribution is 0.480. The van der Waals surface area contributed by atoms with Crippen LogP contribution in [0.3, 0.4) is 0 Å². The Morgan fingerprint density at radius 1 is 0.957 bits per heavy atom. The number of hydrogen-bond donors (Lipinski definition) is 4. The topological polar surface area (TPSA) is 147 Å². The van der Waals surface area contributed by atoms with Crippen molar-refractivity contribution in [1.82, 2.24) is 0 Å². The molecule has 0 saturated heterocycles. The van der Waals surface area contributed by atoms with Crippen LogP contribution in [0.1, 0.15) is 5.56 Å². The van der Waals surface area contributed by atoms with Crippen molar-refractivity contribution < 1.29 is 25.9 Å². The first-order valence-corrected chi connectivity index (χ1v) is 9.28. The van der Waals surface area contributed by atoms with Crippen molar-refractivity contribution in [3.8, 4) is 0 Å². The molecule has 8 nitrogen and oxygen atoms in total. The molecule has 0 unspecified atom stereocenters. The first-order valence-electron chi connectivity index (χ1n) is 6.23. The molecule has 2 rings (SSSR count). The summed E-state index contributed by atoms with van der Waals surface area (Å²) in [6.45, 7) is 0. The van der Waals surface area contributed by atoms with E-state index in [9.17, 15) is 21.4 Å². The van der Waals surface area contributed by atoms with Gasteiger partial charge in [0.05, 0.1) is 11.4 Å². The molecule has 5 N–H and O–H groups in total. The number of para-hydroxylation sites is 1. The van der Waals surface area contributed by atoms with E-state index in [0.29, 0.717) is 11.3 Å². The summed E-state index contributed by atoms with van der Waals surface area (Å²) < 4.78 is 62.4. The second kappa shape index (κ2) is 6.16. The molecule has 10 heteroatoms. The summed E-state index contributed by atoms with van der Waals surface area (Å²) in [5, 5.41) is 2.76. The number of nitrogens with one attached hydrogen (secondary N) is 1. The molecule has 0 fully saturated rings. The largest absolute Gasteiger partial charge is 0.397 e. The van der Waals surface area contributed by atoms with Crippen LogP contribution in [0, 0.1) is 0 Å². The number of anilines is 3. The van der Waals surface area contributed by atoms with Gasteiger partial charge in [-0.3, -0.25) is 9.11 Å². The minimum atomic E-state index is -4.46. The smallest absolute Gasteiger partial charge is 0.296 e. The average molecular weight is 358 g/mol. The molecule has 0 radical (unpaired) electrons. The van der Waals surface area contributed by atoms with E-state index in [2.05, 4.69) is 5.32 Å². The second-order valence-electron chi connectivity index (χ2n) is 4.74. The van der Waals surface area contributed by atoms with Crippen molar-refractivity contribution >= 4 is 37.3 Å². The molecule has 0 aromatic heterocycles. The molecule has 0 heterocycles. The van der Waals surface area contributed by atoms with Crippen LogP contribution in [0.4, 0.5) is 17.1 Å². The highest BCUT2D eigenvalue weighted by atomic mass is 32.2. The summed E-state index contributed by atoms with van der Waals surface area (Å²) >= 11 is 0. The van der Waals surface area contributed by atoms with Gasteiger partial charge >= 0.3 is 0 Å². The predicted octanol–water partition coefficient (Wildman–Crippen LogP) is 1.65. The van der Waals surface area contributed by atoms with Crippen molar-refractivity contribution in [2.75, 3.05) is 11.1 Å². The minimum Gasteiger partial charge on any atom is -0.397 e. The summed E-state index contributed by atoms with van der Waals surface area (Å²) in [6.07, 6.45) is 0. The van der Waals surface area contributed by atoms with E-state index in [4.69, 9.17) is 10.3 Å². The summed E-state index contributed by atoms with van der Waals surface area (Å²) in [5.41, 5.74) is 6.63. The van der Waals surface area contributed by atoms with Gasteiger partial charge in [0.25, 0.3) is 20.2 Å². The van der Waals surface area contributed by atoms with Crippen molar-refractivity contribution in [1.29, 1.82) is 0 Å².